The molecule has 10 heteroatoms. The van der Waals surface area contributed by atoms with Crippen molar-refractivity contribution in [3.05, 3.63) is 94.8 Å². The molecule has 1 saturated heterocycles. The highest BCUT2D eigenvalue weighted by Crippen LogP contribution is 2.33. The van der Waals surface area contributed by atoms with Crippen molar-refractivity contribution in [1.82, 2.24) is 19.5 Å². The highest BCUT2D eigenvalue weighted by Gasteiger charge is 2.31. The number of nitrogens with zero attached hydrogens (tertiary/aromatic N) is 5. The average Bonchev–Trinajstić information content (AvgIpc) is 3.60. The number of nitrogens with one attached hydrogen (secondary N) is 1. The zero-order valence-corrected chi connectivity index (χ0v) is 21.4. The monoisotopic (exact) mass is 530 g/mol. The fraction of sp³-hybridized carbons (Fsp3) is 0.241. The van der Waals surface area contributed by atoms with Crippen molar-refractivity contribution in [2.24, 2.45) is 0 Å². The van der Waals surface area contributed by atoms with Crippen LogP contribution in [-0.4, -0.2) is 38.5 Å². The Morgan fingerprint density at radius 3 is 2.38 bits per heavy atom. The normalized spacial score (nSPS) is 13.2. The molecule has 1 aliphatic rings. The number of hydrogen-bond acceptors (Lipinski definition) is 5. The molecule has 2 aromatic heterocycles. The third-order valence-corrected chi connectivity index (χ3v) is 6.38. The van der Waals surface area contributed by atoms with Crippen molar-refractivity contribution in [2.45, 2.75) is 32.9 Å². The number of halogens is 3. The molecule has 3 heterocycles. The minimum Gasteiger partial charge on any atom is -0.341 e. The summed E-state index contributed by atoms with van der Waals surface area (Å²) in [5.41, 5.74) is 2.39. The van der Waals surface area contributed by atoms with Gasteiger partial charge in [-0.05, 0) is 62.6 Å². The quantitative estimate of drug-likeness (QED) is 0.350. The van der Waals surface area contributed by atoms with Crippen LogP contribution in [0.25, 0.3) is 5.69 Å². The van der Waals surface area contributed by atoms with Crippen LogP contribution in [0.4, 0.5) is 24.8 Å². The van der Waals surface area contributed by atoms with Crippen molar-refractivity contribution in [3.63, 3.8) is 0 Å². The minimum absolute atomic E-state index is 0.0135. The van der Waals surface area contributed by atoms with E-state index in [0.29, 0.717) is 22.8 Å². The first kappa shape index (κ1) is 26.0. The number of hydrogen-bond donors (Lipinski definition) is 1. The van der Waals surface area contributed by atoms with Gasteiger partial charge in [-0.3, -0.25) is 4.79 Å². The van der Waals surface area contributed by atoms with Gasteiger partial charge in [0.05, 0.1) is 23.1 Å². The number of aryl methyl sites for hydroxylation is 2. The second-order valence-corrected chi connectivity index (χ2v) is 9.39. The molecule has 0 aliphatic carbocycles. The number of alkyl halides is 3. The highest BCUT2D eigenvalue weighted by molar-refractivity contribution is 6.04. The maximum atomic E-state index is 13.6. The smallest absolute Gasteiger partial charge is 0.341 e. The molecule has 0 saturated carbocycles. The maximum absolute atomic E-state index is 13.6. The van der Waals surface area contributed by atoms with Gasteiger partial charge in [-0.15, -0.1) is 0 Å². The Kier molecular flexibility index (Phi) is 7.07. The summed E-state index contributed by atoms with van der Waals surface area (Å²) >= 11 is 0. The van der Waals surface area contributed by atoms with E-state index in [-0.39, 0.29) is 16.9 Å². The number of carbonyl (C=O) groups is 1. The molecule has 1 amide bonds. The van der Waals surface area contributed by atoms with Gasteiger partial charge in [0.2, 0.25) is 5.95 Å². The molecule has 0 atom stereocenters. The lowest BCUT2D eigenvalue weighted by molar-refractivity contribution is -0.137. The zero-order chi connectivity index (χ0) is 27.6. The Labute approximate surface area is 223 Å². The van der Waals surface area contributed by atoms with Crippen LogP contribution in [-0.2, 0) is 6.18 Å². The number of imidazole rings is 1. The van der Waals surface area contributed by atoms with Crippen LogP contribution in [0.2, 0.25) is 0 Å². The second kappa shape index (κ2) is 10.6. The Morgan fingerprint density at radius 2 is 1.72 bits per heavy atom. The summed E-state index contributed by atoms with van der Waals surface area (Å²) in [7, 11) is 0. The summed E-state index contributed by atoms with van der Waals surface area (Å²) in [6.45, 7) is 5.50. The van der Waals surface area contributed by atoms with E-state index in [1.54, 1.807) is 43.7 Å². The van der Waals surface area contributed by atoms with Crippen LogP contribution in [0.1, 0.15) is 51.1 Å². The molecule has 39 heavy (non-hydrogen) atoms. The lowest BCUT2D eigenvalue weighted by atomic mass is 10.0. The summed E-state index contributed by atoms with van der Waals surface area (Å²) in [5.74, 6) is 6.22. The van der Waals surface area contributed by atoms with E-state index in [1.165, 1.54) is 17.0 Å². The largest absolute Gasteiger partial charge is 0.416 e. The van der Waals surface area contributed by atoms with E-state index < -0.39 is 17.6 Å². The Hall–Kier alpha value is -4.65. The molecule has 1 N–H and O–H groups in total. The van der Waals surface area contributed by atoms with Gasteiger partial charge in [0.25, 0.3) is 5.91 Å². The van der Waals surface area contributed by atoms with E-state index in [1.807, 2.05) is 6.92 Å². The Bertz CT molecular complexity index is 1580. The summed E-state index contributed by atoms with van der Waals surface area (Å²) in [6, 6.07) is 8.36. The predicted octanol–water partition coefficient (Wildman–Crippen LogP) is 5.55. The molecule has 0 unspecified atom stereocenters. The van der Waals surface area contributed by atoms with Crippen LogP contribution in [0.5, 0.6) is 0 Å². The van der Waals surface area contributed by atoms with Gasteiger partial charge in [-0.1, -0.05) is 17.9 Å². The van der Waals surface area contributed by atoms with Gasteiger partial charge in [0.1, 0.15) is 0 Å². The highest BCUT2D eigenvalue weighted by atomic mass is 19.4. The first-order chi connectivity index (χ1) is 18.7. The van der Waals surface area contributed by atoms with Crippen molar-refractivity contribution in [1.29, 1.82) is 0 Å². The molecule has 0 radical (unpaired) electrons. The molecule has 198 valence electrons. The molecular weight excluding hydrogens is 505 g/mol. The van der Waals surface area contributed by atoms with Crippen LogP contribution in [0.15, 0.2) is 61.3 Å². The van der Waals surface area contributed by atoms with Gasteiger partial charge in [0.15, 0.2) is 0 Å². The van der Waals surface area contributed by atoms with Crippen molar-refractivity contribution < 1.29 is 18.0 Å². The first-order valence-corrected chi connectivity index (χ1v) is 12.4. The zero-order valence-electron chi connectivity index (χ0n) is 21.4. The second-order valence-electron chi connectivity index (χ2n) is 9.39. The van der Waals surface area contributed by atoms with Gasteiger partial charge in [-0.25, -0.2) is 15.0 Å². The van der Waals surface area contributed by atoms with Crippen molar-refractivity contribution in [3.8, 4) is 17.5 Å². The van der Waals surface area contributed by atoms with E-state index in [4.69, 9.17) is 0 Å². The lowest BCUT2D eigenvalue weighted by Gasteiger charge is -2.14. The molecule has 2 aromatic carbocycles. The van der Waals surface area contributed by atoms with Crippen molar-refractivity contribution >= 4 is 17.5 Å². The van der Waals surface area contributed by atoms with Gasteiger partial charge in [0, 0.05) is 54.2 Å². The van der Waals surface area contributed by atoms with E-state index in [0.717, 1.165) is 43.6 Å². The number of amides is 1. The number of anilines is 2. The summed E-state index contributed by atoms with van der Waals surface area (Å²) in [4.78, 5) is 28.1. The van der Waals surface area contributed by atoms with E-state index in [2.05, 4.69) is 37.0 Å². The fourth-order valence-corrected chi connectivity index (χ4v) is 4.27. The van der Waals surface area contributed by atoms with Crippen LogP contribution in [0, 0.1) is 25.7 Å². The molecular formula is C29H25F3N6O. The molecule has 7 nitrogen and oxygen atoms in total. The molecule has 4 aromatic rings. The fourth-order valence-electron chi connectivity index (χ4n) is 4.27. The maximum Gasteiger partial charge on any atom is 0.416 e. The molecule has 1 fully saturated rings. The Morgan fingerprint density at radius 1 is 0.974 bits per heavy atom. The summed E-state index contributed by atoms with van der Waals surface area (Å²) in [6.07, 6.45) is 4.05. The number of carbonyl (C=O) groups excluding carboxylic acids is 1. The SMILES string of the molecule is Cc1cn(-c2cc(NC(=O)c3ccc(C)c(C#Cc4cnc(N5CCCC5)nc4)c3)cc(C(F)(F)F)c2)cn1. The van der Waals surface area contributed by atoms with Gasteiger partial charge < -0.3 is 14.8 Å². The number of benzene rings is 2. The summed E-state index contributed by atoms with van der Waals surface area (Å²) < 4.78 is 42.2. The molecule has 0 bridgehead atoms. The lowest BCUT2D eigenvalue weighted by Crippen LogP contribution is -2.20. The average molecular weight is 531 g/mol. The third kappa shape index (κ3) is 6.09. The third-order valence-electron chi connectivity index (χ3n) is 6.38. The predicted molar refractivity (Wildman–Crippen MR) is 142 cm³/mol. The number of aromatic nitrogens is 4. The molecule has 0 spiro atoms. The topological polar surface area (TPSA) is 75.9 Å². The summed E-state index contributed by atoms with van der Waals surface area (Å²) in [5, 5.41) is 2.60. The number of rotatable bonds is 4. The van der Waals surface area contributed by atoms with Crippen LogP contribution in [0.3, 0.4) is 0 Å². The minimum atomic E-state index is -4.59. The van der Waals surface area contributed by atoms with Crippen LogP contribution >= 0.6 is 0 Å². The first-order valence-electron chi connectivity index (χ1n) is 12.4. The molecule has 1 aliphatic heterocycles. The van der Waals surface area contributed by atoms with E-state index in [9.17, 15) is 18.0 Å². The standard InChI is InChI=1S/C29H25F3N6O/c1-19-5-7-23(11-22(19)8-6-21-15-33-28(34-16-21)37-9-3-4-10-37)27(39)36-25-12-24(29(30,31)32)13-26(14-25)38-17-20(2)35-18-38/h5,7,11-18H,3-4,9-10H2,1-2H3,(H,36,39). The van der Waals surface area contributed by atoms with Gasteiger partial charge >= 0.3 is 6.18 Å². The Balaban J connectivity index is 1.37. The van der Waals surface area contributed by atoms with E-state index >= 15 is 0 Å². The molecule has 5 rings (SSSR count). The van der Waals surface area contributed by atoms with Crippen molar-refractivity contribution in [2.75, 3.05) is 23.3 Å². The van der Waals surface area contributed by atoms with Crippen LogP contribution < -0.4 is 10.2 Å². The van der Waals surface area contributed by atoms with Gasteiger partial charge in [-0.2, -0.15) is 13.2 Å².